The second-order valence-corrected chi connectivity index (χ2v) is 3.95. The summed E-state index contributed by atoms with van der Waals surface area (Å²) < 4.78 is 4.62. The topological polar surface area (TPSA) is 51.2 Å². The highest BCUT2D eigenvalue weighted by Gasteiger charge is 2.16. The molecule has 2 unspecified atom stereocenters. The molecule has 1 aromatic heterocycles. The molecule has 2 atom stereocenters. The molecule has 0 radical (unpaired) electrons. The van der Waals surface area contributed by atoms with Gasteiger partial charge in [0.2, 0.25) is 0 Å². The van der Waals surface area contributed by atoms with Gasteiger partial charge in [0.15, 0.2) is 0 Å². The lowest BCUT2D eigenvalue weighted by Gasteiger charge is -2.16. The van der Waals surface area contributed by atoms with Gasteiger partial charge in [0.05, 0.1) is 12.6 Å². The molecule has 1 aromatic rings. The molecule has 1 rings (SSSR count). The van der Waals surface area contributed by atoms with E-state index in [0.29, 0.717) is 0 Å². The lowest BCUT2D eigenvalue weighted by molar-refractivity contribution is -0.142. The number of aromatic nitrogens is 1. The maximum absolute atomic E-state index is 11.1. The molecule has 1 N–H and O–H groups in total. The number of hydrogen-bond donors (Lipinski definition) is 1. The predicted octanol–water partition coefficient (Wildman–Crippen LogP) is 1.36. The van der Waals surface area contributed by atoms with Crippen molar-refractivity contribution in [2.45, 2.75) is 25.9 Å². The van der Waals surface area contributed by atoms with Crippen LogP contribution >= 0.6 is 11.3 Å². The molecule has 0 bridgehead atoms. The Morgan fingerprint density at radius 2 is 2.36 bits per heavy atom. The normalized spacial score (nSPS) is 14.8. The Hall–Kier alpha value is -0.940. The van der Waals surface area contributed by atoms with Crippen molar-refractivity contribution in [2.75, 3.05) is 7.11 Å². The summed E-state index contributed by atoms with van der Waals surface area (Å²) in [7, 11) is 1.39. The zero-order valence-corrected chi connectivity index (χ0v) is 9.30. The molecular weight excluding hydrogens is 200 g/mol. The number of thiazole rings is 1. The zero-order valence-electron chi connectivity index (χ0n) is 8.48. The summed E-state index contributed by atoms with van der Waals surface area (Å²) in [5.74, 6) is -0.249. The largest absolute Gasteiger partial charge is 0.468 e. The minimum absolute atomic E-state index is 0.122. The van der Waals surface area contributed by atoms with Gasteiger partial charge in [-0.1, -0.05) is 0 Å². The van der Waals surface area contributed by atoms with Gasteiger partial charge in [-0.15, -0.1) is 11.3 Å². The molecule has 0 aromatic carbocycles. The fourth-order valence-electron chi connectivity index (χ4n) is 1.14. The van der Waals surface area contributed by atoms with Gasteiger partial charge in [-0.2, -0.15) is 0 Å². The third-order valence-corrected chi connectivity index (χ3v) is 2.89. The molecule has 78 valence electrons. The summed E-state index contributed by atoms with van der Waals surface area (Å²) in [5.41, 5.74) is 1.77. The van der Waals surface area contributed by atoms with Crippen LogP contribution < -0.4 is 5.32 Å². The van der Waals surface area contributed by atoms with Gasteiger partial charge in [-0.05, 0) is 13.8 Å². The molecule has 0 spiro atoms. The smallest absolute Gasteiger partial charge is 0.322 e. The van der Waals surface area contributed by atoms with E-state index in [2.05, 4.69) is 15.0 Å². The number of hydrogen-bond acceptors (Lipinski definition) is 5. The van der Waals surface area contributed by atoms with Crippen LogP contribution in [0.15, 0.2) is 11.7 Å². The van der Waals surface area contributed by atoms with Gasteiger partial charge in [-0.3, -0.25) is 15.1 Å². The summed E-state index contributed by atoms with van der Waals surface area (Å²) >= 11 is 1.57. The van der Waals surface area contributed by atoms with Crippen molar-refractivity contribution in [3.8, 4) is 0 Å². The third-order valence-electron chi connectivity index (χ3n) is 1.93. The maximum atomic E-state index is 11.1. The first-order valence-corrected chi connectivity index (χ1v) is 5.25. The number of nitrogens with one attached hydrogen (secondary N) is 1. The minimum atomic E-state index is -0.294. The number of rotatable bonds is 4. The molecule has 0 aliphatic carbocycles. The van der Waals surface area contributed by atoms with Crippen LogP contribution in [0.4, 0.5) is 0 Å². The van der Waals surface area contributed by atoms with Crippen LogP contribution in [0.25, 0.3) is 0 Å². The van der Waals surface area contributed by atoms with E-state index in [1.807, 2.05) is 6.92 Å². The first-order valence-electron chi connectivity index (χ1n) is 4.37. The molecule has 0 aliphatic heterocycles. The van der Waals surface area contributed by atoms with E-state index in [0.717, 1.165) is 4.88 Å². The summed E-state index contributed by atoms with van der Waals surface area (Å²) in [6.07, 6.45) is 1.80. The molecule has 14 heavy (non-hydrogen) atoms. The van der Waals surface area contributed by atoms with Gasteiger partial charge in [0.25, 0.3) is 0 Å². The lowest BCUT2D eigenvalue weighted by Crippen LogP contribution is -2.36. The van der Waals surface area contributed by atoms with Crippen LogP contribution in [-0.2, 0) is 9.53 Å². The van der Waals surface area contributed by atoms with Crippen molar-refractivity contribution < 1.29 is 9.53 Å². The van der Waals surface area contributed by atoms with Gasteiger partial charge >= 0.3 is 5.97 Å². The summed E-state index contributed by atoms with van der Waals surface area (Å²) in [4.78, 5) is 16.2. The number of carbonyl (C=O) groups is 1. The van der Waals surface area contributed by atoms with Crippen LogP contribution in [0.2, 0.25) is 0 Å². The summed E-state index contributed by atoms with van der Waals surface area (Å²) in [6.45, 7) is 3.77. The molecule has 5 heteroatoms. The molecule has 0 saturated carbocycles. The predicted molar refractivity (Wildman–Crippen MR) is 55.1 cm³/mol. The third kappa shape index (κ3) is 2.78. The molecular formula is C9H14N2O2S. The minimum Gasteiger partial charge on any atom is -0.468 e. The van der Waals surface area contributed by atoms with Crippen molar-refractivity contribution in [1.82, 2.24) is 10.3 Å². The Morgan fingerprint density at radius 3 is 2.86 bits per heavy atom. The van der Waals surface area contributed by atoms with E-state index in [9.17, 15) is 4.79 Å². The van der Waals surface area contributed by atoms with E-state index in [4.69, 9.17) is 0 Å². The number of carbonyl (C=O) groups excluding carboxylic acids is 1. The number of methoxy groups -OCH3 is 1. The molecule has 1 heterocycles. The standard InChI is InChI=1S/C9H14N2O2S/c1-6(8-4-10-5-14-8)11-7(2)9(12)13-3/h4-7,11H,1-3H3. The average Bonchev–Trinajstić information content (AvgIpc) is 2.69. The van der Waals surface area contributed by atoms with E-state index >= 15 is 0 Å². The lowest BCUT2D eigenvalue weighted by atomic mass is 10.2. The molecule has 0 saturated heterocycles. The highest BCUT2D eigenvalue weighted by molar-refractivity contribution is 7.09. The molecule has 0 amide bonds. The Kier molecular flexibility index (Phi) is 4.03. The Bertz CT molecular complexity index is 287. The SMILES string of the molecule is COC(=O)C(C)NC(C)c1cncs1. The van der Waals surface area contributed by atoms with E-state index in [1.54, 1.807) is 30.0 Å². The van der Waals surface area contributed by atoms with Gasteiger partial charge in [0, 0.05) is 17.1 Å². The maximum Gasteiger partial charge on any atom is 0.322 e. The Morgan fingerprint density at radius 1 is 1.64 bits per heavy atom. The molecule has 0 fully saturated rings. The fraction of sp³-hybridized carbons (Fsp3) is 0.556. The van der Waals surface area contributed by atoms with Crippen LogP contribution in [-0.4, -0.2) is 24.1 Å². The Labute approximate surface area is 87.3 Å². The Balaban J connectivity index is 2.49. The van der Waals surface area contributed by atoms with Crippen molar-refractivity contribution in [2.24, 2.45) is 0 Å². The second kappa shape index (κ2) is 5.07. The summed E-state index contributed by atoms with van der Waals surface area (Å²) in [5, 5.41) is 3.13. The average molecular weight is 214 g/mol. The number of esters is 1. The van der Waals surface area contributed by atoms with Crippen molar-refractivity contribution >= 4 is 17.3 Å². The van der Waals surface area contributed by atoms with Crippen LogP contribution in [0, 0.1) is 0 Å². The van der Waals surface area contributed by atoms with Crippen molar-refractivity contribution in [1.29, 1.82) is 0 Å². The van der Waals surface area contributed by atoms with E-state index < -0.39 is 0 Å². The van der Waals surface area contributed by atoms with E-state index in [1.165, 1.54) is 7.11 Å². The molecule has 0 aliphatic rings. The van der Waals surface area contributed by atoms with Crippen molar-refractivity contribution in [3.05, 3.63) is 16.6 Å². The zero-order chi connectivity index (χ0) is 10.6. The number of ether oxygens (including phenoxy) is 1. The van der Waals surface area contributed by atoms with Gasteiger partial charge in [0.1, 0.15) is 6.04 Å². The van der Waals surface area contributed by atoms with E-state index in [-0.39, 0.29) is 18.1 Å². The first-order chi connectivity index (χ1) is 6.65. The quantitative estimate of drug-likeness (QED) is 0.769. The van der Waals surface area contributed by atoms with Crippen LogP contribution in [0.1, 0.15) is 24.8 Å². The van der Waals surface area contributed by atoms with Crippen LogP contribution in [0.3, 0.4) is 0 Å². The highest BCUT2D eigenvalue weighted by atomic mass is 32.1. The monoisotopic (exact) mass is 214 g/mol. The van der Waals surface area contributed by atoms with Crippen LogP contribution in [0.5, 0.6) is 0 Å². The highest BCUT2D eigenvalue weighted by Crippen LogP contribution is 2.16. The van der Waals surface area contributed by atoms with Crippen molar-refractivity contribution in [3.63, 3.8) is 0 Å². The number of nitrogens with zero attached hydrogens (tertiary/aromatic N) is 1. The second-order valence-electron chi connectivity index (χ2n) is 3.04. The fourth-order valence-corrected chi connectivity index (χ4v) is 1.78. The summed E-state index contributed by atoms with van der Waals surface area (Å²) in [6, 6.07) is -0.173. The first kappa shape index (κ1) is 11.1. The van der Waals surface area contributed by atoms with Gasteiger partial charge in [-0.25, -0.2) is 0 Å². The molecule has 4 nitrogen and oxygen atoms in total. The van der Waals surface area contributed by atoms with Gasteiger partial charge < -0.3 is 4.74 Å².